The van der Waals surface area contributed by atoms with Gasteiger partial charge in [-0.25, -0.2) is 0 Å². The highest BCUT2D eigenvalue weighted by atomic mass is 79.9. The fourth-order valence-corrected chi connectivity index (χ4v) is 2.53. The Kier molecular flexibility index (Phi) is 5.30. The second kappa shape index (κ2) is 7.81. The van der Waals surface area contributed by atoms with E-state index in [1.807, 2.05) is 42.5 Å². The monoisotopic (exact) mass is 397 g/mol. The molecule has 1 amide bonds. The van der Waals surface area contributed by atoms with Crippen molar-refractivity contribution in [1.82, 2.24) is 4.98 Å². The van der Waals surface area contributed by atoms with Gasteiger partial charge in [0.25, 0.3) is 5.91 Å². The number of anilines is 3. The SMILES string of the molecule is COc1ccccc1NC(=O)c1cc(Nc2ccc(Br)cc2)ccn1. The molecule has 0 spiro atoms. The van der Waals surface area contributed by atoms with Gasteiger partial charge in [-0.05, 0) is 48.5 Å². The first-order valence-corrected chi connectivity index (χ1v) is 8.38. The van der Waals surface area contributed by atoms with Crippen LogP contribution in [0.1, 0.15) is 10.5 Å². The first kappa shape index (κ1) is 17.0. The number of nitrogens with zero attached hydrogens (tertiary/aromatic N) is 1. The summed E-state index contributed by atoms with van der Waals surface area (Å²) in [5, 5.41) is 6.06. The summed E-state index contributed by atoms with van der Waals surface area (Å²) in [6.45, 7) is 0. The highest BCUT2D eigenvalue weighted by Gasteiger charge is 2.11. The maximum Gasteiger partial charge on any atom is 0.274 e. The lowest BCUT2D eigenvalue weighted by atomic mass is 10.2. The van der Waals surface area contributed by atoms with E-state index in [4.69, 9.17) is 4.74 Å². The molecule has 1 heterocycles. The number of methoxy groups -OCH3 is 1. The summed E-state index contributed by atoms with van der Waals surface area (Å²) in [6, 6.07) is 18.5. The molecule has 0 bridgehead atoms. The standard InChI is InChI=1S/C19H16BrN3O2/c1-25-18-5-3-2-4-16(18)23-19(24)17-12-15(10-11-21-17)22-14-8-6-13(20)7-9-14/h2-12H,1H3,(H,21,22)(H,23,24). The minimum absolute atomic E-state index is 0.302. The molecule has 25 heavy (non-hydrogen) atoms. The molecule has 2 aromatic carbocycles. The number of para-hydroxylation sites is 2. The number of nitrogens with one attached hydrogen (secondary N) is 2. The Hall–Kier alpha value is -2.86. The largest absolute Gasteiger partial charge is 0.495 e. The first-order valence-electron chi connectivity index (χ1n) is 7.59. The van der Waals surface area contributed by atoms with Gasteiger partial charge in [-0.2, -0.15) is 0 Å². The van der Waals surface area contributed by atoms with Gasteiger partial charge >= 0.3 is 0 Å². The molecule has 0 radical (unpaired) electrons. The molecule has 3 aromatic rings. The zero-order valence-electron chi connectivity index (χ0n) is 13.5. The Morgan fingerprint density at radius 1 is 1.04 bits per heavy atom. The van der Waals surface area contributed by atoms with Crippen molar-refractivity contribution < 1.29 is 9.53 Å². The molecule has 0 saturated carbocycles. The molecule has 6 heteroatoms. The number of pyridine rings is 1. The molecule has 0 atom stereocenters. The third-order valence-electron chi connectivity index (χ3n) is 3.48. The number of amides is 1. The number of hydrogen-bond donors (Lipinski definition) is 2. The smallest absolute Gasteiger partial charge is 0.274 e. The fourth-order valence-electron chi connectivity index (χ4n) is 2.27. The molecule has 126 valence electrons. The van der Waals surface area contributed by atoms with Gasteiger partial charge in [-0.15, -0.1) is 0 Å². The van der Waals surface area contributed by atoms with Crippen molar-refractivity contribution in [2.75, 3.05) is 17.7 Å². The number of carbonyl (C=O) groups excluding carboxylic acids is 1. The van der Waals surface area contributed by atoms with Crippen LogP contribution >= 0.6 is 15.9 Å². The van der Waals surface area contributed by atoms with Crippen LogP contribution in [-0.2, 0) is 0 Å². The first-order chi connectivity index (χ1) is 12.2. The Bertz CT molecular complexity index is 882. The maximum absolute atomic E-state index is 12.5. The van der Waals surface area contributed by atoms with Gasteiger partial charge in [0.15, 0.2) is 0 Å². The predicted octanol–water partition coefficient (Wildman–Crippen LogP) is 4.85. The van der Waals surface area contributed by atoms with E-state index < -0.39 is 0 Å². The van der Waals surface area contributed by atoms with Crippen LogP contribution in [0.2, 0.25) is 0 Å². The number of benzene rings is 2. The highest BCUT2D eigenvalue weighted by molar-refractivity contribution is 9.10. The van der Waals surface area contributed by atoms with Gasteiger partial charge < -0.3 is 15.4 Å². The van der Waals surface area contributed by atoms with Crippen molar-refractivity contribution in [2.24, 2.45) is 0 Å². The average molecular weight is 398 g/mol. The van der Waals surface area contributed by atoms with Crippen molar-refractivity contribution in [2.45, 2.75) is 0 Å². The van der Waals surface area contributed by atoms with Crippen LogP contribution in [0.15, 0.2) is 71.3 Å². The summed E-state index contributed by atoms with van der Waals surface area (Å²) in [5.41, 5.74) is 2.61. The van der Waals surface area contributed by atoms with Crippen LogP contribution in [-0.4, -0.2) is 18.0 Å². The Morgan fingerprint density at radius 2 is 1.80 bits per heavy atom. The summed E-state index contributed by atoms with van der Waals surface area (Å²) in [6.07, 6.45) is 1.60. The minimum Gasteiger partial charge on any atom is -0.495 e. The number of rotatable bonds is 5. The molecule has 1 aromatic heterocycles. The molecule has 0 aliphatic carbocycles. The van der Waals surface area contributed by atoms with Gasteiger partial charge in [-0.1, -0.05) is 28.1 Å². The number of carbonyl (C=O) groups is 1. The van der Waals surface area contributed by atoms with Gasteiger partial charge in [-0.3, -0.25) is 9.78 Å². The van der Waals surface area contributed by atoms with Crippen molar-refractivity contribution in [3.05, 3.63) is 77.0 Å². The van der Waals surface area contributed by atoms with Crippen molar-refractivity contribution in [3.63, 3.8) is 0 Å². The zero-order chi connectivity index (χ0) is 17.6. The molecular weight excluding hydrogens is 382 g/mol. The molecular formula is C19H16BrN3O2. The molecule has 0 aliphatic heterocycles. The zero-order valence-corrected chi connectivity index (χ0v) is 15.1. The summed E-state index contributed by atoms with van der Waals surface area (Å²) in [4.78, 5) is 16.6. The van der Waals surface area contributed by atoms with Gasteiger partial charge in [0, 0.05) is 22.0 Å². The normalized spacial score (nSPS) is 10.2. The van der Waals surface area contributed by atoms with Gasteiger partial charge in [0.05, 0.1) is 12.8 Å². The maximum atomic E-state index is 12.5. The molecule has 0 unspecified atom stereocenters. The topological polar surface area (TPSA) is 63.2 Å². The van der Waals surface area contributed by atoms with Gasteiger partial charge in [0.1, 0.15) is 11.4 Å². The Balaban J connectivity index is 1.76. The lowest BCUT2D eigenvalue weighted by Crippen LogP contribution is -2.14. The van der Waals surface area contributed by atoms with E-state index in [1.165, 1.54) is 0 Å². The van der Waals surface area contributed by atoms with E-state index in [2.05, 4.69) is 31.5 Å². The number of ether oxygens (including phenoxy) is 1. The lowest BCUT2D eigenvalue weighted by Gasteiger charge is -2.11. The number of hydrogen-bond acceptors (Lipinski definition) is 4. The van der Waals surface area contributed by atoms with Crippen LogP contribution in [0, 0.1) is 0 Å². The molecule has 0 fully saturated rings. The molecule has 5 nitrogen and oxygen atoms in total. The fraction of sp³-hybridized carbons (Fsp3) is 0.0526. The third-order valence-corrected chi connectivity index (χ3v) is 4.01. The Morgan fingerprint density at radius 3 is 2.56 bits per heavy atom. The number of halogens is 1. The number of aromatic nitrogens is 1. The summed E-state index contributed by atoms with van der Waals surface area (Å²) in [7, 11) is 1.56. The van der Waals surface area contributed by atoms with E-state index in [0.717, 1.165) is 15.8 Å². The van der Waals surface area contributed by atoms with Crippen LogP contribution in [0.5, 0.6) is 5.75 Å². The second-order valence-electron chi connectivity index (χ2n) is 5.22. The van der Waals surface area contributed by atoms with E-state index in [-0.39, 0.29) is 5.91 Å². The van der Waals surface area contributed by atoms with Crippen LogP contribution in [0.3, 0.4) is 0 Å². The van der Waals surface area contributed by atoms with E-state index in [9.17, 15) is 4.79 Å². The second-order valence-corrected chi connectivity index (χ2v) is 6.13. The van der Waals surface area contributed by atoms with E-state index >= 15 is 0 Å². The van der Waals surface area contributed by atoms with Crippen molar-refractivity contribution in [1.29, 1.82) is 0 Å². The summed E-state index contributed by atoms with van der Waals surface area (Å²) < 4.78 is 6.25. The van der Waals surface area contributed by atoms with Crippen LogP contribution < -0.4 is 15.4 Å². The average Bonchev–Trinajstić information content (AvgIpc) is 2.64. The summed E-state index contributed by atoms with van der Waals surface area (Å²) >= 11 is 3.40. The minimum atomic E-state index is -0.302. The molecule has 2 N–H and O–H groups in total. The summed E-state index contributed by atoms with van der Waals surface area (Å²) in [5.74, 6) is 0.295. The van der Waals surface area contributed by atoms with Gasteiger partial charge in [0.2, 0.25) is 0 Å². The van der Waals surface area contributed by atoms with Crippen molar-refractivity contribution >= 4 is 38.9 Å². The quantitative estimate of drug-likeness (QED) is 0.645. The molecule has 3 rings (SSSR count). The predicted molar refractivity (Wildman–Crippen MR) is 103 cm³/mol. The lowest BCUT2D eigenvalue weighted by molar-refractivity contribution is 0.102. The van der Waals surface area contributed by atoms with E-state index in [1.54, 1.807) is 31.5 Å². The Labute approximate surface area is 154 Å². The third kappa shape index (κ3) is 4.36. The molecule has 0 saturated heterocycles. The van der Waals surface area contributed by atoms with E-state index in [0.29, 0.717) is 17.1 Å². The van der Waals surface area contributed by atoms with Crippen LogP contribution in [0.4, 0.5) is 17.1 Å². The molecule has 0 aliphatic rings. The van der Waals surface area contributed by atoms with Crippen molar-refractivity contribution in [3.8, 4) is 5.75 Å². The van der Waals surface area contributed by atoms with Crippen LogP contribution in [0.25, 0.3) is 0 Å². The highest BCUT2D eigenvalue weighted by Crippen LogP contribution is 2.24.